The second kappa shape index (κ2) is 6.41. The zero-order valence-electron chi connectivity index (χ0n) is 14.0. The number of rotatable bonds is 4. The Kier molecular flexibility index (Phi) is 4.77. The van der Waals surface area contributed by atoms with Gasteiger partial charge >= 0.3 is 5.97 Å². The van der Waals surface area contributed by atoms with Crippen molar-refractivity contribution in [3.8, 4) is 0 Å². The van der Waals surface area contributed by atoms with E-state index < -0.39 is 5.92 Å². The lowest BCUT2D eigenvalue weighted by atomic mass is 9.95. The largest absolute Gasteiger partial charge is 1.00 e. The first-order chi connectivity index (χ1) is 11.0. The van der Waals surface area contributed by atoms with E-state index in [9.17, 15) is 9.90 Å². The zero-order valence-corrected chi connectivity index (χ0v) is 15.6. The number of epoxide rings is 1. The van der Waals surface area contributed by atoms with Crippen LogP contribution in [0.3, 0.4) is 0 Å². The SMILES string of the molecule is C[N+]1(C)[C@@H]2CC(OC(=O)[C@H](CO)c3ccccc3)C[C@H]1[C@H]1OC21.[Br-]. The van der Waals surface area contributed by atoms with E-state index in [0.717, 1.165) is 22.9 Å². The molecule has 3 aliphatic rings. The van der Waals surface area contributed by atoms with Crippen LogP contribution in [-0.2, 0) is 14.3 Å². The van der Waals surface area contributed by atoms with Gasteiger partial charge in [-0.3, -0.25) is 4.79 Å². The number of fused-ring (bicyclic) bond motifs is 5. The maximum atomic E-state index is 12.5. The van der Waals surface area contributed by atoms with Gasteiger partial charge in [0, 0.05) is 12.8 Å². The predicted octanol–water partition coefficient (Wildman–Crippen LogP) is -1.93. The fourth-order valence-corrected chi connectivity index (χ4v) is 4.55. The number of quaternary nitrogens is 1. The molecule has 4 rings (SSSR count). The lowest BCUT2D eigenvalue weighted by molar-refractivity contribution is -0.938. The topological polar surface area (TPSA) is 59.1 Å². The average Bonchev–Trinajstić information content (AvgIpc) is 3.27. The summed E-state index contributed by atoms with van der Waals surface area (Å²) in [6.45, 7) is -0.224. The van der Waals surface area contributed by atoms with Crippen molar-refractivity contribution in [3.05, 3.63) is 35.9 Å². The van der Waals surface area contributed by atoms with E-state index in [1.54, 1.807) is 0 Å². The van der Waals surface area contributed by atoms with E-state index in [4.69, 9.17) is 9.47 Å². The number of esters is 1. The number of piperidine rings is 1. The number of hydrogen-bond donors (Lipinski definition) is 1. The average molecular weight is 398 g/mol. The van der Waals surface area contributed by atoms with Gasteiger partial charge in [-0.25, -0.2) is 0 Å². The first kappa shape index (κ1) is 17.9. The molecule has 1 N–H and O–H groups in total. The lowest BCUT2D eigenvalue weighted by Crippen LogP contribution is -3.00. The number of carbonyl (C=O) groups is 1. The van der Waals surface area contributed by atoms with Crippen LogP contribution in [-0.4, -0.2) is 66.7 Å². The normalized spacial score (nSPS) is 36.2. The summed E-state index contributed by atoms with van der Waals surface area (Å²) in [4.78, 5) is 12.5. The van der Waals surface area contributed by atoms with E-state index in [2.05, 4.69) is 14.1 Å². The van der Waals surface area contributed by atoms with Gasteiger partial charge in [-0.15, -0.1) is 0 Å². The molecule has 5 nitrogen and oxygen atoms in total. The molecule has 6 atom stereocenters. The Balaban J connectivity index is 0.00000169. The minimum Gasteiger partial charge on any atom is -1.00 e. The van der Waals surface area contributed by atoms with Crippen molar-refractivity contribution in [3.63, 3.8) is 0 Å². The van der Waals surface area contributed by atoms with Crippen molar-refractivity contribution in [2.24, 2.45) is 0 Å². The molecule has 2 bridgehead atoms. The smallest absolute Gasteiger partial charge is 0.316 e. The number of benzene rings is 1. The molecule has 24 heavy (non-hydrogen) atoms. The van der Waals surface area contributed by atoms with Gasteiger partial charge in [0.15, 0.2) is 0 Å². The number of aliphatic hydroxyl groups is 1. The molecule has 132 valence electrons. The van der Waals surface area contributed by atoms with E-state index in [1.807, 2.05) is 30.3 Å². The highest BCUT2D eigenvalue weighted by Crippen LogP contribution is 2.51. The van der Waals surface area contributed by atoms with Crippen LogP contribution in [0.1, 0.15) is 24.3 Å². The Bertz CT molecular complexity index is 588. The molecule has 6 heteroatoms. The molecule has 1 aromatic carbocycles. The van der Waals surface area contributed by atoms with Gasteiger partial charge in [0.05, 0.1) is 20.7 Å². The number of aliphatic hydroxyl groups excluding tert-OH is 1. The van der Waals surface area contributed by atoms with Crippen LogP contribution in [0.2, 0.25) is 0 Å². The Labute approximate surface area is 152 Å². The van der Waals surface area contributed by atoms with Crippen LogP contribution in [0.15, 0.2) is 30.3 Å². The lowest BCUT2D eigenvalue weighted by Gasteiger charge is -2.45. The van der Waals surface area contributed by atoms with Crippen molar-refractivity contribution >= 4 is 5.97 Å². The molecule has 0 saturated carbocycles. The highest BCUT2D eigenvalue weighted by Gasteiger charge is 2.70. The standard InChI is InChI=1S/C18H24NO4.BrH/c1-19(2)14-8-12(9-15(19)17-16(14)23-17)22-18(21)13(10-20)11-6-4-3-5-7-11;/h3-7,12-17,20H,8-10H2,1-2H3;1H/q+1;/p-1/t12?,13-,14-,15+,16?,17-;/m1./s1. The molecule has 3 heterocycles. The van der Waals surface area contributed by atoms with E-state index in [-0.39, 0.29) is 35.7 Å². The number of halogens is 1. The minimum atomic E-state index is -0.593. The van der Waals surface area contributed by atoms with Gasteiger partial charge in [-0.1, -0.05) is 30.3 Å². The molecule has 0 radical (unpaired) electrons. The molecule has 1 aromatic rings. The first-order valence-electron chi connectivity index (χ1n) is 8.37. The third-order valence-corrected chi connectivity index (χ3v) is 5.99. The Morgan fingerprint density at radius 2 is 1.83 bits per heavy atom. The van der Waals surface area contributed by atoms with Crippen molar-refractivity contribution in [2.75, 3.05) is 20.7 Å². The number of nitrogens with zero attached hydrogens (tertiary/aromatic N) is 1. The third-order valence-electron chi connectivity index (χ3n) is 5.99. The van der Waals surface area contributed by atoms with E-state index >= 15 is 0 Å². The van der Waals surface area contributed by atoms with Crippen LogP contribution in [0.5, 0.6) is 0 Å². The Morgan fingerprint density at radius 3 is 2.38 bits per heavy atom. The molecule has 0 aromatic heterocycles. The quantitative estimate of drug-likeness (QED) is 0.365. The Morgan fingerprint density at radius 1 is 1.25 bits per heavy atom. The molecule has 3 aliphatic heterocycles. The molecule has 0 amide bonds. The van der Waals surface area contributed by atoms with Crippen LogP contribution in [0, 0.1) is 0 Å². The summed E-state index contributed by atoms with van der Waals surface area (Å²) < 4.78 is 12.5. The second-order valence-electron chi connectivity index (χ2n) is 7.51. The molecule has 3 saturated heterocycles. The summed E-state index contributed by atoms with van der Waals surface area (Å²) in [5, 5.41) is 9.60. The fourth-order valence-electron chi connectivity index (χ4n) is 4.55. The van der Waals surface area contributed by atoms with Crippen molar-refractivity contribution in [2.45, 2.75) is 49.2 Å². The van der Waals surface area contributed by atoms with Crippen LogP contribution in [0.25, 0.3) is 0 Å². The van der Waals surface area contributed by atoms with Crippen molar-refractivity contribution < 1.29 is 40.8 Å². The summed E-state index contributed by atoms with van der Waals surface area (Å²) in [5.41, 5.74) is 0.807. The summed E-state index contributed by atoms with van der Waals surface area (Å²) >= 11 is 0. The molecule has 3 fully saturated rings. The van der Waals surface area contributed by atoms with Gasteiger partial charge in [0.1, 0.15) is 36.3 Å². The number of morpholine rings is 1. The van der Waals surface area contributed by atoms with Gasteiger partial charge in [-0.05, 0) is 5.56 Å². The maximum absolute atomic E-state index is 12.5. The van der Waals surface area contributed by atoms with Crippen LogP contribution in [0.4, 0.5) is 0 Å². The van der Waals surface area contributed by atoms with E-state index in [0.29, 0.717) is 24.3 Å². The number of likely N-dealkylation sites (N-methyl/N-ethyl adjacent to an activating group) is 1. The van der Waals surface area contributed by atoms with Crippen molar-refractivity contribution in [1.82, 2.24) is 0 Å². The highest BCUT2D eigenvalue weighted by molar-refractivity contribution is 5.78. The third kappa shape index (κ3) is 2.79. The molecule has 0 spiro atoms. The summed E-state index contributed by atoms with van der Waals surface area (Å²) in [6.07, 6.45) is 2.34. The van der Waals surface area contributed by atoms with Gasteiger partial charge < -0.3 is 36.0 Å². The first-order valence-corrected chi connectivity index (χ1v) is 8.37. The second-order valence-corrected chi connectivity index (χ2v) is 7.51. The highest BCUT2D eigenvalue weighted by atomic mass is 79.9. The number of ether oxygens (including phenoxy) is 2. The summed E-state index contributed by atoms with van der Waals surface area (Å²) in [5.74, 6) is -0.908. The van der Waals surface area contributed by atoms with Gasteiger partial charge in [0.2, 0.25) is 0 Å². The summed E-state index contributed by atoms with van der Waals surface area (Å²) in [7, 11) is 4.51. The minimum absolute atomic E-state index is 0. The molecule has 2 unspecified atom stereocenters. The molecule has 0 aliphatic carbocycles. The maximum Gasteiger partial charge on any atom is 0.316 e. The zero-order chi connectivity index (χ0) is 16.2. The predicted molar refractivity (Wildman–Crippen MR) is 83.7 cm³/mol. The number of carbonyl (C=O) groups excluding carboxylic acids is 1. The van der Waals surface area contributed by atoms with Crippen LogP contribution < -0.4 is 17.0 Å². The Hall–Kier alpha value is -0.950. The monoisotopic (exact) mass is 397 g/mol. The van der Waals surface area contributed by atoms with E-state index in [1.165, 1.54) is 0 Å². The molecular weight excluding hydrogens is 374 g/mol. The van der Waals surface area contributed by atoms with Crippen LogP contribution >= 0.6 is 0 Å². The molecular formula is C18H24BrNO4. The number of hydrogen-bond acceptors (Lipinski definition) is 4. The van der Waals surface area contributed by atoms with Gasteiger partial charge in [-0.2, -0.15) is 0 Å². The fraction of sp³-hybridized carbons (Fsp3) is 0.611. The van der Waals surface area contributed by atoms with Gasteiger partial charge in [0.25, 0.3) is 0 Å². The van der Waals surface area contributed by atoms with Crippen molar-refractivity contribution in [1.29, 1.82) is 0 Å². The summed E-state index contributed by atoms with van der Waals surface area (Å²) in [6, 6.07) is 10.2.